The molecule has 0 aromatic rings. The van der Waals surface area contributed by atoms with Gasteiger partial charge in [0.1, 0.15) is 0 Å². The average molecular weight is 143 g/mol. The third kappa shape index (κ3) is 0.854. The number of carboxylic acid groups (broad SMARTS) is 1. The summed E-state index contributed by atoms with van der Waals surface area (Å²) in [7, 11) is 0. The van der Waals surface area contributed by atoms with Crippen LogP contribution >= 0.6 is 0 Å². The van der Waals surface area contributed by atoms with Gasteiger partial charge in [-0.05, 0) is 0 Å². The molecule has 0 saturated carbocycles. The lowest BCUT2D eigenvalue weighted by atomic mass is 10.2. The number of hydrogen-bond acceptors (Lipinski definition) is 3. The molecule has 54 valence electrons. The number of likely N-dealkylation sites (tertiary alicyclic amines) is 1. The molecule has 0 aromatic heterocycles. The summed E-state index contributed by atoms with van der Waals surface area (Å²) in [6, 6.07) is 0. The molecule has 10 heavy (non-hydrogen) atoms. The van der Waals surface area contributed by atoms with Gasteiger partial charge >= 0.3 is 11.9 Å². The summed E-state index contributed by atoms with van der Waals surface area (Å²) in [5, 5.41) is 8.09. The minimum atomic E-state index is -1.58. The highest BCUT2D eigenvalue weighted by molar-refractivity contribution is 6.35. The fraction of sp³-hybridized carbons (Fsp3) is 0.400. The van der Waals surface area contributed by atoms with Gasteiger partial charge in [-0.15, -0.1) is 0 Å². The molecule has 0 radical (unpaired) electrons. The topological polar surface area (TPSA) is 74.7 Å². The molecule has 0 aromatic carbocycles. The quantitative estimate of drug-likeness (QED) is 0.342. The lowest BCUT2D eigenvalue weighted by Gasteiger charge is -2.26. The van der Waals surface area contributed by atoms with Crippen molar-refractivity contribution in [3.63, 3.8) is 0 Å². The average Bonchev–Trinajstić information content (AvgIpc) is 1.84. The second-order valence-electron chi connectivity index (χ2n) is 1.91. The second kappa shape index (κ2) is 2.09. The summed E-state index contributed by atoms with van der Waals surface area (Å²) in [6.07, 6.45) is 0.277. The zero-order valence-electron chi connectivity index (χ0n) is 5.03. The van der Waals surface area contributed by atoms with Crippen LogP contribution in [-0.4, -0.2) is 34.3 Å². The standard InChI is InChI=1S/C5H5NO4/c7-3-1-2-6(3)4(8)5(9)10/h1-2H2,(H,9,10). The minimum Gasteiger partial charge on any atom is -0.474 e. The molecule has 0 atom stereocenters. The number of aliphatic carboxylic acids is 1. The van der Waals surface area contributed by atoms with Crippen molar-refractivity contribution in [2.45, 2.75) is 6.42 Å². The maximum Gasteiger partial charge on any atom is 0.395 e. The summed E-state index contributed by atoms with van der Waals surface area (Å²) in [4.78, 5) is 31.5. The van der Waals surface area contributed by atoms with Crippen LogP contribution in [0.2, 0.25) is 0 Å². The van der Waals surface area contributed by atoms with Crippen molar-refractivity contribution in [2.75, 3.05) is 6.54 Å². The highest BCUT2D eigenvalue weighted by atomic mass is 16.4. The molecule has 1 heterocycles. The number of carbonyl (C=O) groups excluding carboxylic acids is 2. The van der Waals surface area contributed by atoms with Crippen LogP contribution in [0.4, 0.5) is 0 Å². The number of amides is 2. The summed E-state index contributed by atoms with van der Waals surface area (Å²) in [6.45, 7) is 0.240. The Balaban J connectivity index is 2.58. The predicted molar refractivity (Wildman–Crippen MR) is 29.0 cm³/mol. The maximum atomic E-state index is 10.4. The van der Waals surface area contributed by atoms with Gasteiger partial charge in [0.15, 0.2) is 0 Å². The van der Waals surface area contributed by atoms with Gasteiger partial charge in [0, 0.05) is 13.0 Å². The van der Waals surface area contributed by atoms with Gasteiger partial charge < -0.3 is 5.11 Å². The first-order chi connectivity index (χ1) is 4.63. The molecule has 0 bridgehead atoms. The van der Waals surface area contributed by atoms with Crippen LogP contribution in [0.25, 0.3) is 0 Å². The summed E-state index contributed by atoms with van der Waals surface area (Å²) < 4.78 is 0. The molecular formula is C5H5NO4. The molecule has 1 fully saturated rings. The Morgan fingerprint density at radius 3 is 2.20 bits per heavy atom. The fourth-order valence-corrected chi connectivity index (χ4v) is 0.645. The molecule has 5 nitrogen and oxygen atoms in total. The van der Waals surface area contributed by atoms with Crippen LogP contribution in [0.3, 0.4) is 0 Å². The highest BCUT2D eigenvalue weighted by Gasteiger charge is 2.33. The number of imide groups is 1. The van der Waals surface area contributed by atoms with E-state index in [-0.39, 0.29) is 13.0 Å². The Hall–Kier alpha value is -1.39. The van der Waals surface area contributed by atoms with Crippen LogP contribution < -0.4 is 0 Å². The first-order valence-electron chi connectivity index (χ1n) is 2.70. The molecule has 1 aliphatic heterocycles. The van der Waals surface area contributed by atoms with E-state index in [2.05, 4.69) is 0 Å². The summed E-state index contributed by atoms with van der Waals surface area (Å²) in [5.41, 5.74) is 0. The first kappa shape index (κ1) is 6.73. The number of nitrogens with zero attached hydrogens (tertiary/aromatic N) is 1. The molecule has 0 aliphatic carbocycles. The monoisotopic (exact) mass is 143 g/mol. The van der Waals surface area contributed by atoms with E-state index in [1.54, 1.807) is 0 Å². The summed E-state index contributed by atoms with van der Waals surface area (Å²) in [5.74, 6) is -3.11. The van der Waals surface area contributed by atoms with Gasteiger partial charge in [-0.2, -0.15) is 0 Å². The van der Waals surface area contributed by atoms with E-state index in [0.717, 1.165) is 0 Å². The smallest absolute Gasteiger partial charge is 0.395 e. The van der Waals surface area contributed by atoms with Crippen molar-refractivity contribution in [2.24, 2.45) is 0 Å². The number of hydrogen-bond donors (Lipinski definition) is 1. The molecule has 1 N–H and O–H groups in total. The van der Waals surface area contributed by atoms with E-state index < -0.39 is 17.8 Å². The zero-order valence-corrected chi connectivity index (χ0v) is 5.03. The Kier molecular flexibility index (Phi) is 1.41. The van der Waals surface area contributed by atoms with Gasteiger partial charge in [-0.25, -0.2) is 4.79 Å². The van der Waals surface area contributed by atoms with E-state index in [1.807, 2.05) is 0 Å². The zero-order chi connectivity index (χ0) is 7.72. The first-order valence-corrected chi connectivity index (χ1v) is 2.70. The predicted octanol–water partition coefficient (Wildman–Crippen LogP) is -1.17. The van der Waals surface area contributed by atoms with Crippen molar-refractivity contribution in [3.05, 3.63) is 0 Å². The van der Waals surface area contributed by atoms with Crippen LogP contribution in [0.15, 0.2) is 0 Å². The molecule has 0 unspecified atom stereocenters. The SMILES string of the molecule is O=C(O)C(=O)N1CCC1=O. The van der Waals surface area contributed by atoms with E-state index in [0.29, 0.717) is 4.90 Å². The number of carbonyl (C=O) groups is 3. The molecule has 0 spiro atoms. The molecule has 1 saturated heterocycles. The van der Waals surface area contributed by atoms with Crippen molar-refractivity contribution in [3.8, 4) is 0 Å². The molecule has 5 heteroatoms. The Bertz CT molecular complexity index is 210. The van der Waals surface area contributed by atoms with E-state index >= 15 is 0 Å². The van der Waals surface area contributed by atoms with Crippen molar-refractivity contribution >= 4 is 17.8 Å². The fourth-order valence-electron chi connectivity index (χ4n) is 0.645. The largest absolute Gasteiger partial charge is 0.474 e. The Labute approximate surface area is 56.2 Å². The van der Waals surface area contributed by atoms with Gasteiger partial charge in [0.05, 0.1) is 0 Å². The van der Waals surface area contributed by atoms with Crippen molar-refractivity contribution < 1.29 is 19.5 Å². The van der Waals surface area contributed by atoms with E-state index in [9.17, 15) is 14.4 Å². The third-order valence-corrected chi connectivity index (χ3v) is 1.28. The third-order valence-electron chi connectivity index (χ3n) is 1.28. The lowest BCUT2D eigenvalue weighted by molar-refractivity contribution is -0.164. The number of β-lactam (4-membered cyclic amide) rings is 1. The van der Waals surface area contributed by atoms with E-state index in [1.165, 1.54) is 0 Å². The van der Waals surface area contributed by atoms with Gasteiger partial charge in [0.25, 0.3) is 0 Å². The lowest BCUT2D eigenvalue weighted by Crippen LogP contribution is -2.50. The second-order valence-corrected chi connectivity index (χ2v) is 1.91. The van der Waals surface area contributed by atoms with Gasteiger partial charge in [-0.1, -0.05) is 0 Å². The maximum absolute atomic E-state index is 10.4. The van der Waals surface area contributed by atoms with Crippen LogP contribution in [0.5, 0.6) is 0 Å². The Morgan fingerprint density at radius 1 is 1.50 bits per heavy atom. The number of carboxylic acids is 1. The normalized spacial score (nSPS) is 16.4. The number of rotatable bonds is 0. The van der Waals surface area contributed by atoms with Gasteiger partial charge in [-0.3, -0.25) is 14.5 Å². The summed E-state index contributed by atoms with van der Waals surface area (Å²) >= 11 is 0. The van der Waals surface area contributed by atoms with Crippen LogP contribution in [0.1, 0.15) is 6.42 Å². The van der Waals surface area contributed by atoms with Crippen molar-refractivity contribution in [1.29, 1.82) is 0 Å². The van der Waals surface area contributed by atoms with Crippen LogP contribution in [-0.2, 0) is 14.4 Å². The molecule has 2 amide bonds. The van der Waals surface area contributed by atoms with Gasteiger partial charge in [0.2, 0.25) is 5.91 Å². The molecule has 1 aliphatic rings. The molecule has 1 rings (SSSR count). The van der Waals surface area contributed by atoms with E-state index in [4.69, 9.17) is 5.11 Å². The minimum absolute atomic E-state index is 0.240. The van der Waals surface area contributed by atoms with Crippen LogP contribution in [0, 0.1) is 0 Å². The molecular weight excluding hydrogens is 138 g/mol. The Morgan fingerprint density at radius 2 is 2.10 bits per heavy atom. The highest BCUT2D eigenvalue weighted by Crippen LogP contribution is 2.07. The van der Waals surface area contributed by atoms with Crippen molar-refractivity contribution in [1.82, 2.24) is 4.90 Å².